The van der Waals surface area contributed by atoms with E-state index in [4.69, 9.17) is 21.6 Å². The van der Waals surface area contributed by atoms with Crippen molar-refractivity contribution in [3.63, 3.8) is 0 Å². The van der Waals surface area contributed by atoms with Crippen molar-refractivity contribution in [1.82, 2.24) is 4.90 Å². The van der Waals surface area contributed by atoms with Gasteiger partial charge in [-0.1, -0.05) is 20.8 Å². The van der Waals surface area contributed by atoms with E-state index in [-0.39, 0.29) is 5.88 Å². The third-order valence-electron chi connectivity index (χ3n) is 1.73. The Kier molecular flexibility index (Phi) is 13.5. The molecule has 0 saturated heterocycles. The number of hydrogen-bond donors (Lipinski definition) is 2. The van der Waals surface area contributed by atoms with Gasteiger partial charge in [-0.2, -0.15) is 4.89 Å². The van der Waals surface area contributed by atoms with Crippen LogP contribution in [-0.4, -0.2) is 46.3 Å². The third kappa shape index (κ3) is 10.4. The molecule has 2 atom stereocenters. The number of rotatable bonds is 5. The van der Waals surface area contributed by atoms with Gasteiger partial charge in [0.15, 0.2) is 0 Å². The van der Waals surface area contributed by atoms with E-state index in [1.54, 1.807) is 0 Å². The van der Waals surface area contributed by atoms with E-state index in [1.807, 2.05) is 0 Å². The lowest BCUT2D eigenvalue weighted by atomic mass is 10.5. The molecule has 0 aliphatic rings. The molecule has 0 aliphatic carbocycles. The fourth-order valence-electron chi connectivity index (χ4n) is 0.730. The largest absolute Gasteiger partial charge is 0.538 e. The lowest BCUT2D eigenvalue weighted by Gasteiger charge is -2.13. The van der Waals surface area contributed by atoms with Crippen molar-refractivity contribution in [1.29, 1.82) is 0 Å². The molecule has 0 aromatic heterocycles. The minimum Gasteiger partial charge on any atom is -0.348 e. The summed E-state index contributed by atoms with van der Waals surface area (Å²) in [6.07, 6.45) is 0. The van der Waals surface area contributed by atoms with Crippen LogP contribution in [0.1, 0.15) is 20.8 Å². The van der Waals surface area contributed by atoms with E-state index in [0.717, 1.165) is 0 Å². The minimum absolute atomic E-state index is 0.189. The van der Waals surface area contributed by atoms with E-state index in [9.17, 15) is 4.57 Å². The van der Waals surface area contributed by atoms with Gasteiger partial charge in [0.1, 0.15) is 0 Å². The highest BCUT2D eigenvalue weighted by molar-refractivity contribution is 7.38. The molecule has 2 unspecified atom stereocenters. The number of alkyl halides is 1. The van der Waals surface area contributed by atoms with Gasteiger partial charge in [-0.25, -0.2) is 0 Å². The van der Waals surface area contributed by atoms with Gasteiger partial charge in [0.05, 0.1) is 5.88 Å². The van der Waals surface area contributed by atoms with Gasteiger partial charge in [-0.3, -0.25) is 0 Å². The van der Waals surface area contributed by atoms with Gasteiger partial charge in [0, 0.05) is 0 Å². The quantitative estimate of drug-likeness (QED) is 0.570. The first kappa shape index (κ1) is 16.7. The van der Waals surface area contributed by atoms with Crippen LogP contribution in [0.15, 0.2) is 0 Å². The van der Waals surface area contributed by atoms with E-state index in [0.29, 0.717) is 0 Å². The van der Waals surface area contributed by atoms with E-state index in [1.165, 1.54) is 19.6 Å². The highest BCUT2D eigenvalue weighted by Gasteiger charge is 2.23. The third-order valence-corrected chi connectivity index (χ3v) is 2.93. The summed E-state index contributed by atoms with van der Waals surface area (Å²) < 4.78 is 9.74. The van der Waals surface area contributed by atoms with Crippen LogP contribution in [0.5, 0.6) is 0 Å². The molecule has 4 nitrogen and oxygen atoms in total. The van der Waals surface area contributed by atoms with E-state index < -0.39 is 13.9 Å². The number of halogens is 1. The predicted molar refractivity (Wildman–Crippen MR) is 60.0 cm³/mol. The normalized spacial score (nSPS) is 13.2. The summed E-state index contributed by atoms with van der Waals surface area (Å²) in [5.74, 6) is -1.46. The summed E-state index contributed by atoms with van der Waals surface area (Å²) >= 11 is 4.95. The fraction of sp³-hybridized carbons (Fsp3) is 1.00. The molecule has 0 aromatic rings. The fourth-order valence-corrected chi connectivity index (χ4v) is 1.20. The van der Waals surface area contributed by atoms with Crippen LogP contribution in [0.25, 0.3) is 0 Å². The second-order valence-electron chi connectivity index (χ2n) is 2.56. The maximum atomic E-state index is 9.74. The molecule has 0 spiro atoms. The smallest absolute Gasteiger partial charge is 0.348 e. The van der Waals surface area contributed by atoms with Crippen LogP contribution < -0.4 is 0 Å². The molecule has 2 N–H and O–H groups in total. The van der Waals surface area contributed by atoms with Crippen molar-refractivity contribution in [2.24, 2.45) is 0 Å². The SMILES string of the molecule is CCN(CC)CC.O=[P+](O)C(O)CCl. The standard InChI is InChI=1S/C6H15N.C2H4ClO3P/c1-4-7(5-2)6-3;3-1-2(4)7(5)6/h4-6H2,1-3H3;2,4H,1H2/p+1. The zero-order valence-electron chi connectivity index (χ0n) is 8.98. The lowest BCUT2D eigenvalue weighted by molar-refractivity contribution is 0.259. The summed E-state index contributed by atoms with van der Waals surface area (Å²) in [5, 5.41) is 8.27. The Bertz CT molecular complexity index is 139. The molecule has 0 rings (SSSR count). The molecule has 0 bridgehead atoms. The van der Waals surface area contributed by atoms with Gasteiger partial charge in [-0.15, -0.1) is 11.6 Å². The van der Waals surface area contributed by atoms with Crippen molar-refractivity contribution in [3.8, 4) is 0 Å². The Balaban J connectivity index is 0. The van der Waals surface area contributed by atoms with Crippen molar-refractivity contribution >= 4 is 19.6 Å². The molecule has 14 heavy (non-hydrogen) atoms. The number of hydrogen-bond acceptors (Lipinski definition) is 3. The van der Waals surface area contributed by atoms with Crippen LogP contribution in [0.4, 0.5) is 0 Å². The molecule has 0 aromatic carbocycles. The number of aliphatic hydroxyl groups excluding tert-OH is 1. The molecule has 86 valence electrons. The number of nitrogens with zero attached hydrogens (tertiary/aromatic N) is 1. The Morgan fingerprint density at radius 1 is 1.29 bits per heavy atom. The predicted octanol–water partition coefficient (Wildman–Crippen LogP) is 1.63. The molecule has 0 amide bonds. The van der Waals surface area contributed by atoms with Gasteiger partial charge in [0.2, 0.25) is 0 Å². The first-order valence-corrected chi connectivity index (χ1v) is 6.46. The molecular weight excluding hydrogens is 225 g/mol. The zero-order valence-corrected chi connectivity index (χ0v) is 10.6. The molecule has 0 fully saturated rings. The van der Waals surface area contributed by atoms with Crippen molar-refractivity contribution in [3.05, 3.63) is 0 Å². The van der Waals surface area contributed by atoms with Gasteiger partial charge in [-0.05, 0) is 24.2 Å². The molecule has 0 heterocycles. The Labute approximate surface area is 91.7 Å². The highest BCUT2D eigenvalue weighted by Crippen LogP contribution is 2.19. The van der Waals surface area contributed by atoms with Gasteiger partial charge < -0.3 is 10.0 Å². The van der Waals surface area contributed by atoms with Gasteiger partial charge >= 0.3 is 8.03 Å². The summed E-state index contributed by atoms with van der Waals surface area (Å²) in [4.78, 5) is 10.4. The first-order chi connectivity index (χ1) is 6.53. The van der Waals surface area contributed by atoms with E-state index in [2.05, 4.69) is 25.7 Å². The first-order valence-electron chi connectivity index (χ1n) is 4.64. The van der Waals surface area contributed by atoms with Crippen LogP contribution in [0.3, 0.4) is 0 Å². The average Bonchev–Trinajstić information content (AvgIpc) is 2.20. The maximum Gasteiger partial charge on any atom is 0.538 e. The summed E-state index contributed by atoms with van der Waals surface area (Å²) in [6.45, 7) is 10.1. The lowest BCUT2D eigenvalue weighted by Crippen LogP contribution is -2.21. The number of aliphatic hydroxyl groups is 1. The topological polar surface area (TPSA) is 60.8 Å². The van der Waals surface area contributed by atoms with E-state index >= 15 is 0 Å². The molecule has 0 aliphatic heterocycles. The van der Waals surface area contributed by atoms with Crippen LogP contribution in [0.2, 0.25) is 0 Å². The van der Waals surface area contributed by atoms with Crippen LogP contribution >= 0.6 is 19.6 Å². The highest BCUT2D eigenvalue weighted by atomic mass is 35.5. The van der Waals surface area contributed by atoms with Crippen LogP contribution in [0, 0.1) is 0 Å². The second-order valence-corrected chi connectivity index (χ2v) is 4.07. The summed E-state index contributed by atoms with van der Waals surface area (Å²) in [7, 11) is -2.49. The molecule has 6 heteroatoms. The Morgan fingerprint density at radius 3 is 1.64 bits per heavy atom. The Hall–Kier alpha value is 0.270. The maximum absolute atomic E-state index is 9.74. The van der Waals surface area contributed by atoms with Crippen molar-refractivity contribution in [2.45, 2.75) is 26.6 Å². The second kappa shape index (κ2) is 11.3. The zero-order chi connectivity index (χ0) is 11.6. The van der Waals surface area contributed by atoms with Gasteiger partial charge in [0.25, 0.3) is 5.85 Å². The molecule has 0 radical (unpaired) electrons. The summed E-state index contributed by atoms with van der Waals surface area (Å²) in [5.41, 5.74) is 0. The molecular formula is C8H20ClNO3P+. The van der Waals surface area contributed by atoms with Crippen molar-refractivity contribution in [2.75, 3.05) is 25.5 Å². The monoisotopic (exact) mass is 244 g/mol. The van der Waals surface area contributed by atoms with Crippen molar-refractivity contribution < 1.29 is 14.6 Å². The average molecular weight is 245 g/mol. The Morgan fingerprint density at radius 2 is 1.64 bits per heavy atom. The molecule has 0 saturated carbocycles. The minimum atomic E-state index is -2.49. The van der Waals surface area contributed by atoms with Crippen LogP contribution in [-0.2, 0) is 4.57 Å². The summed E-state index contributed by atoms with van der Waals surface area (Å²) in [6, 6.07) is 0.